The highest BCUT2D eigenvalue weighted by molar-refractivity contribution is 6.85. The second-order valence-electron chi connectivity index (χ2n) is 23.3. The third-order valence-corrected chi connectivity index (χ3v) is 17.5. The Balaban J connectivity index is 1.34. The fourth-order valence-corrected chi connectivity index (χ4v) is 12.7. The van der Waals surface area contributed by atoms with Crippen molar-refractivity contribution in [1.29, 1.82) is 5.26 Å². The average Bonchev–Trinajstić information content (AvgIpc) is 1.52. The molecule has 4 heterocycles. The van der Waals surface area contributed by atoms with E-state index in [9.17, 15) is 11.8 Å². The van der Waals surface area contributed by atoms with E-state index in [0.717, 1.165) is 118 Å². The molecular formula is C78H72B2N8O2. The third-order valence-electron chi connectivity index (χ3n) is 17.5. The summed E-state index contributed by atoms with van der Waals surface area (Å²) < 4.78 is 18.1. The first-order valence-electron chi connectivity index (χ1n) is 31.9. The molecule has 12 aromatic rings. The van der Waals surface area contributed by atoms with Gasteiger partial charge in [-0.2, -0.15) is 5.26 Å². The SMILES string of the molecule is [C-]#[N+]/C(c1cnc2ccccc2n1)=c1\c2c(-c3ccc(OCC(CC)CCCC)cc3)n(B(c3ccccc3)c3ccccc3)/c(=C(/C#N)c3cnc4ccccc4n3)c2c(-c2ccc(OCC(CC)CCCC)cc2)n1B(c1ccccc1)c1ccccc1. The number of rotatable bonds is 24. The van der Waals surface area contributed by atoms with Crippen LogP contribution >= 0.6 is 0 Å². The molecule has 4 aromatic heterocycles. The van der Waals surface area contributed by atoms with E-state index in [2.05, 4.69) is 193 Å². The molecule has 0 amide bonds. The van der Waals surface area contributed by atoms with Gasteiger partial charge in [0.15, 0.2) is 0 Å². The topological polar surface area (TPSA) is 108 Å². The highest BCUT2D eigenvalue weighted by Gasteiger charge is 2.37. The number of unbranched alkanes of at least 4 members (excludes halogenated alkanes) is 2. The highest BCUT2D eigenvalue weighted by atomic mass is 16.5. The molecule has 2 atom stereocenters. The number of hydrogen-bond donors (Lipinski definition) is 0. The van der Waals surface area contributed by atoms with E-state index in [1.807, 2.05) is 72.8 Å². The Morgan fingerprint density at radius 3 is 1.23 bits per heavy atom. The van der Waals surface area contributed by atoms with Crippen LogP contribution in [-0.2, 0) is 0 Å². The summed E-state index contributed by atoms with van der Waals surface area (Å²) in [6, 6.07) is 77.2. The van der Waals surface area contributed by atoms with Crippen LogP contribution in [0, 0.1) is 29.7 Å². The summed E-state index contributed by atoms with van der Waals surface area (Å²) in [5.41, 5.74) is 11.2. The van der Waals surface area contributed by atoms with Crippen molar-refractivity contribution in [1.82, 2.24) is 28.9 Å². The van der Waals surface area contributed by atoms with Crippen molar-refractivity contribution in [3.63, 3.8) is 0 Å². The van der Waals surface area contributed by atoms with Crippen LogP contribution in [0.15, 0.2) is 231 Å². The average molecular weight is 1180 g/mol. The van der Waals surface area contributed by atoms with E-state index in [4.69, 9.17) is 29.4 Å². The Hall–Kier alpha value is -10.3. The summed E-state index contributed by atoms with van der Waals surface area (Å²) in [6.45, 7) is 18.8. The van der Waals surface area contributed by atoms with Crippen LogP contribution in [0.1, 0.15) is 90.4 Å². The summed E-state index contributed by atoms with van der Waals surface area (Å²) in [6.07, 6.45) is 12.3. The molecule has 0 fully saturated rings. The molecule has 12 heteroatoms. The standard InChI is InChI=1S/C78H72B2N8O2/c1-6-10-28-55(8-3)53-89-63-46-42-57(43-47-63)75-72-73(78(74(82-5)71-52-84-67-39-25-27-41-69(67)86-71)88(75)80(61-34-20-14-21-35-61)62-36-22-15-23-37-62)76(58-44-48-64(49-45-58)90-54-56(9-4)29-11-7-2)87(79(59-30-16-12-17-31-59)60-32-18-13-19-33-60)77(72)65(50-81)70-51-83-66-38-24-26-40-68(66)85-70/h12-27,30-49,51-52,55-56H,6-11,28-29,53-54H2,1-4H3/b77-65-,78-74+. The molecule has 0 radical (unpaired) electrons. The maximum atomic E-state index is 12.5. The zero-order chi connectivity index (χ0) is 61.8. The molecule has 442 valence electrons. The smallest absolute Gasteiger partial charge is 0.328 e. The number of ether oxygens (including phenoxy) is 2. The van der Waals surface area contributed by atoms with E-state index in [-0.39, 0.29) is 5.70 Å². The summed E-state index contributed by atoms with van der Waals surface area (Å²) >= 11 is 0. The summed E-state index contributed by atoms with van der Waals surface area (Å²) in [4.78, 5) is 25.4. The molecule has 0 saturated heterocycles. The normalized spacial score (nSPS) is 12.7. The first-order chi connectivity index (χ1) is 44.4. The Morgan fingerprint density at radius 1 is 0.478 bits per heavy atom. The molecule has 10 nitrogen and oxygen atoms in total. The van der Waals surface area contributed by atoms with Gasteiger partial charge in [-0.1, -0.05) is 234 Å². The molecule has 0 spiro atoms. The van der Waals surface area contributed by atoms with Crippen LogP contribution in [-0.4, -0.2) is 55.8 Å². The maximum absolute atomic E-state index is 12.5. The lowest BCUT2D eigenvalue weighted by atomic mass is 9.50. The van der Waals surface area contributed by atoms with Gasteiger partial charge in [-0.3, -0.25) is 15.0 Å². The van der Waals surface area contributed by atoms with E-state index >= 15 is 0 Å². The van der Waals surface area contributed by atoms with E-state index in [1.54, 1.807) is 12.4 Å². The molecule has 0 aliphatic heterocycles. The van der Waals surface area contributed by atoms with Crippen molar-refractivity contribution < 1.29 is 9.47 Å². The molecule has 0 N–H and O–H groups in total. The minimum absolute atomic E-state index is 0.279. The zero-order valence-electron chi connectivity index (χ0n) is 51.7. The molecule has 0 aliphatic rings. The number of nitriles is 1. The maximum Gasteiger partial charge on any atom is 0.328 e. The first kappa shape index (κ1) is 60.0. The van der Waals surface area contributed by atoms with Crippen LogP contribution in [0.2, 0.25) is 0 Å². The van der Waals surface area contributed by atoms with Crippen molar-refractivity contribution in [3.8, 4) is 40.1 Å². The lowest BCUT2D eigenvalue weighted by Crippen LogP contribution is -2.54. The minimum atomic E-state index is -0.568. The lowest BCUT2D eigenvalue weighted by molar-refractivity contribution is 0.233. The van der Waals surface area contributed by atoms with Gasteiger partial charge < -0.3 is 18.4 Å². The number of aromatic nitrogens is 6. The Bertz CT molecular complexity index is 4260. The molecule has 12 rings (SSSR count). The van der Waals surface area contributed by atoms with E-state index in [0.29, 0.717) is 74.8 Å². The van der Waals surface area contributed by atoms with E-state index in [1.165, 1.54) is 0 Å². The Morgan fingerprint density at radius 2 is 0.844 bits per heavy atom. The van der Waals surface area contributed by atoms with Crippen molar-refractivity contribution in [3.05, 3.63) is 264 Å². The van der Waals surface area contributed by atoms with Gasteiger partial charge in [0, 0.05) is 33.7 Å². The van der Waals surface area contributed by atoms with Crippen molar-refractivity contribution in [2.45, 2.75) is 79.1 Å². The third kappa shape index (κ3) is 12.4. The van der Waals surface area contributed by atoms with Gasteiger partial charge in [0.1, 0.15) is 28.8 Å². The number of fused-ring (bicyclic) bond motifs is 3. The predicted molar refractivity (Wildman–Crippen MR) is 371 cm³/mol. The van der Waals surface area contributed by atoms with E-state index < -0.39 is 13.7 Å². The van der Waals surface area contributed by atoms with Crippen molar-refractivity contribution in [2.75, 3.05) is 13.2 Å². The Labute approximate surface area is 528 Å². The van der Waals surface area contributed by atoms with Crippen molar-refractivity contribution >= 4 is 79.7 Å². The molecule has 0 bridgehead atoms. The summed E-state index contributed by atoms with van der Waals surface area (Å²) in [5, 5.41) is 15.1. The van der Waals surface area contributed by atoms with Gasteiger partial charge in [-0.15, -0.1) is 0 Å². The molecule has 0 saturated carbocycles. The monoisotopic (exact) mass is 1170 g/mol. The molecule has 0 aliphatic carbocycles. The lowest BCUT2D eigenvalue weighted by Gasteiger charge is -2.24. The quantitative estimate of drug-likeness (QED) is 0.0438. The summed E-state index contributed by atoms with van der Waals surface area (Å²) in [5.74, 6) is 2.35. The Kier molecular flexibility index (Phi) is 18.8. The van der Waals surface area contributed by atoms with Gasteiger partial charge >= 0.3 is 13.7 Å². The molecule has 2 unspecified atom stereocenters. The van der Waals surface area contributed by atoms with Gasteiger partial charge in [0.2, 0.25) is 5.70 Å². The number of para-hydroxylation sites is 4. The van der Waals surface area contributed by atoms with Gasteiger partial charge in [0.05, 0.1) is 59.1 Å². The van der Waals surface area contributed by atoms with Gasteiger partial charge in [0.25, 0.3) is 0 Å². The van der Waals surface area contributed by atoms with Crippen LogP contribution in [0.4, 0.5) is 0 Å². The van der Waals surface area contributed by atoms with Gasteiger partial charge in [-0.05, 0) is 109 Å². The second kappa shape index (κ2) is 28.3. The van der Waals surface area contributed by atoms with Crippen molar-refractivity contribution in [2.24, 2.45) is 11.8 Å². The molecular weight excluding hydrogens is 1100 g/mol. The largest absolute Gasteiger partial charge is 0.493 e. The van der Waals surface area contributed by atoms with Crippen LogP contribution in [0.3, 0.4) is 0 Å². The predicted octanol–water partition coefficient (Wildman–Crippen LogP) is 14.0. The fraction of sp³-hybridized carbons (Fsp3) is 0.205. The second-order valence-corrected chi connectivity index (χ2v) is 23.3. The van der Waals surface area contributed by atoms with Crippen LogP contribution in [0.5, 0.6) is 11.5 Å². The number of nitrogens with zero attached hydrogens (tertiary/aromatic N) is 8. The van der Waals surface area contributed by atoms with Crippen LogP contribution in [0.25, 0.3) is 71.5 Å². The minimum Gasteiger partial charge on any atom is -0.493 e. The zero-order valence-corrected chi connectivity index (χ0v) is 51.7. The number of hydrogen-bond acceptors (Lipinski definition) is 7. The molecule has 90 heavy (non-hydrogen) atoms. The number of benzene rings is 8. The highest BCUT2D eigenvalue weighted by Crippen LogP contribution is 2.38. The van der Waals surface area contributed by atoms with Crippen LogP contribution < -0.4 is 42.0 Å². The molecule has 8 aromatic carbocycles. The fourth-order valence-electron chi connectivity index (χ4n) is 12.7. The summed E-state index contributed by atoms with van der Waals surface area (Å²) in [7, 11) is 0. The van der Waals surface area contributed by atoms with Gasteiger partial charge in [-0.25, -0.2) is 9.83 Å². The first-order valence-corrected chi connectivity index (χ1v) is 31.9.